The van der Waals surface area contributed by atoms with Crippen LogP contribution >= 0.6 is 0 Å². The third-order valence-corrected chi connectivity index (χ3v) is 0.455. The van der Waals surface area contributed by atoms with E-state index in [0.717, 1.165) is 12.8 Å². The van der Waals surface area contributed by atoms with Gasteiger partial charge in [-0.3, -0.25) is 0 Å². The van der Waals surface area contributed by atoms with E-state index in [0.29, 0.717) is 0 Å². The zero-order valence-corrected chi connectivity index (χ0v) is 3.57. The first-order valence-electron chi connectivity index (χ1n) is 1.95. The molecule has 0 aliphatic rings. The monoisotopic (exact) mass is 67.1 g/mol. The van der Waals surface area contributed by atoms with Crippen LogP contribution in [0, 0.1) is 0 Å². The number of rotatable bonds is 2. The molecule has 0 unspecified atom stereocenters. The van der Waals surface area contributed by atoms with Crippen LogP contribution in [-0.2, 0) is 0 Å². The summed E-state index contributed by atoms with van der Waals surface area (Å²) < 4.78 is 0. The molecule has 0 nitrogen and oxygen atoms in total. The summed E-state index contributed by atoms with van der Waals surface area (Å²) in [5.74, 6) is 1.68. The molecular weight excluding hydrogens is 58.9 g/mol. The average molecular weight is 66.9 g/mol. The van der Waals surface area contributed by atoms with Crippen molar-refractivity contribution in [2.45, 2.75) is 19.8 Å². The summed E-state index contributed by atoms with van der Waals surface area (Å²) in [5, 5.41) is 0. The number of unbranched alkanes of at least 4 members (excludes halogenated alkanes) is 1. The Bertz CT molecular complexity index is 24.8. The summed E-state index contributed by atoms with van der Waals surface area (Å²) in [5.41, 5.74) is 0. The third kappa shape index (κ3) is 3.93. The Morgan fingerprint density at radius 1 is 1.80 bits per heavy atom. The third-order valence-electron chi connectivity index (χ3n) is 0.455. The van der Waals surface area contributed by atoms with Crippen LogP contribution in [0.3, 0.4) is 0 Å². The molecule has 27 valence electrons. The van der Waals surface area contributed by atoms with E-state index in [-0.39, 0.29) is 0 Å². The molecule has 0 aromatic carbocycles. The van der Waals surface area contributed by atoms with Gasteiger partial charge < -0.3 is 0 Å². The number of hydrogen-bond acceptors (Lipinski definition) is 0. The van der Waals surface area contributed by atoms with E-state index in [1.54, 1.807) is 5.97 Å². The van der Waals surface area contributed by atoms with Crippen molar-refractivity contribution in [3.8, 4) is 0 Å². The fourth-order valence-electron chi connectivity index (χ4n) is 0.167. The summed E-state index contributed by atoms with van der Waals surface area (Å²) in [6, 6.07) is 0. The van der Waals surface area contributed by atoms with Crippen LogP contribution in [0.5, 0.6) is 0 Å². The first kappa shape index (κ1) is 4.93. The predicted octanol–water partition coefficient (Wildman–Crippen LogP) is 0.757. The standard InChI is InChI=1S/C4H8B/c1-2-3-4-5/h4H,2-3H2,1H3. The summed E-state index contributed by atoms with van der Waals surface area (Å²) in [4.78, 5) is 0. The van der Waals surface area contributed by atoms with Gasteiger partial charge >= 0.3 is 33.2 Å². The molecule has 1 heteroatoms. The fraction of sp³-hybridized carbons (Fsp3) is 0.750. The molecule has 0 aliphatic heterocycles. The van der Waals surface area contributed by atoms with Crippen molar-refractivity contribution < 1.29 is 0 Å². The Hall–Kier alpha value is -0.0651. The van der Waals surface area contributed by atoms with Crippen molar-refractivity contribution in [2.75, 3.05) is 0 Å². The van der Waals surface area contributed by atoms with Crippen molar-refractivity contribution in [3.63, 3.8) is 0 Å². The van der Waals surface area contributed by atoms with Crippen molar-refractivity contribution in [3.05, 3.63) is 0 Å². The van der Waals surface area contributed by atoms with Crippen LogP contribution in [-0.4, -0.2) is 13.5 Å². The molecule has 0 fully saturated rings. The second-order valence-electron chi connectivity index (χ2n) is 1.02. The van der Waals surface area contributed by atoms with E-state index in [2.05, 4.69) is 6.92 Å². The Morgan fingerprint density at radius 3 is 2.40 bits per heavy atom. The molecule has 0 amide bonds. The summed E-state index contributed by atoms with van der Waals surface area (Å²) in [6.45, 7) is 2.10. The molecule has 5 heavy (non-hydrogen) atoms. The van der Waals surface area contributed by atoms with Gasteiger partial charge in [-0.25, -0.2) is 0 Å². The molecule has 0 atom stereocenters. The maximum atomic E-state index is 5.01. The zero-order valence-electron chi connectivity index (χ0n) is 3.57. The molecule has 0 heterocycles. The molecule has 0 bridgehead atoms. The van der Waals surface area contributed by atoms with Crippen LogP contribution in [0.15, 0.2) is 0 Å². The molecular formula is C4H8B. The SMILES string of the molecule is [B]=CCCC. The molecule has 0 rings (SSSR count). The second kappa shape index (κ2) is 3.93. The zero-order chi connectivity index (χ0) is 4.12. The fourth-order valence-corrected chi connectivity index (χ4v) is 0.167. The first-order valence-corrected chi connectivity index (χ1v) is 1.95. The molecule has 1 radical (unpaired) electrons. The van der Waals surface area contributed by atoms with E-state index in [9.17, 15) is 0 Å². The van der Waals surface area contributed by atoms with E-state index in [1.807, 2.05) is 0 Å². The Morgan fingerprint density at radius 2 is 2.40 bits per heavy atom. The van der Waals surface area contributed by atoms with Crippen molar-refractivity contribution >= 4 is 13.5 Å². The molecule has 0 aromatic rings. The van der Waals surface area contributed by atoms with Gasteiger partial charge in [-0.1, -0.05) is 0 Å². The second-order valence-corrected chi connectivity index (χ2v) is 1.02. The molecule has 0 N–H and O–H groups in total. The van der Waals surface area contributed by atoms with Crippen molar-refractivity contribution in [2.24, 2.45) is 0 Å². The van der Waals surface area contributed by atoms with Crippen LogP contribution in [0.1, 0.15) is 19.8 Å². The van der Waals surface area contributed by atoms with Crippen LogP contribution in [0.2, 0.25) is 0 Å². The minimum atomic E-state index is 1.04. The summed E-state index contributed by atoms with van der Waals surface area (Å²) in [7, 11) is 5.01. The van der Waals surface area contributed by atoms with Gasteiger partial charge in [0.25, 0.3) is 0 Å². The molecule has 0 saturated heterocycles. The minimum absolute atomic E-state index is 1.04. The van der Waals surface area contributed by atoms with Gasteiger partial charge in [-0.2, -0.15) is 0 Å². The molecule has 0 spiro atoms. The van der Waals surface area contributed by atoms with Gasteiger partial charge in [-0.15, -0.1) is 0 Å². The molecule has 0 saturated carbocycles. The molecule has 0 aliphatic carbocycles. The van der Waals surface area contributed by atoms with E-state index >= 15 is 0 Å². The Balaban J connectivity index is 2.40. The van der Waals surface area contributed by atoms with E-state index in [4.69, 9.17) is 7.49 Å². The Labute approximate surface area is 34.3 Å². The van der Waals surface area contributed by atoms with E-state index < -0.39 is 0 Å². The predicted molar refractivity (Wildman–Crippen MR) is 26.7 cm³/mol. The van der Waals surface area contributed by atoms with Crippen molar-refractivity contribution in [1.82, 2.24) is 0 Å². The van der Waals surface area contributed by atoms with Crippen LogP contribution in [0.4, 0.5) is 0 Å². The van der Waals surface area contributed by atoms with Crippen molar-refractivity contribution in [1.29, 1.82) is 0 Å². The van der Waals surface area contributed by atoms with Crippen LogP contribution < -0.4 is 0 Å². The maximum absolute atomic E-state index is 5.01. The van der Waals surface area contributed by atoms with E-state index in [1.165, 1.54) is 0 Å². The average Bonchev–Trinajstić information content (AvgIpc) is 1.41. The summed E-state index contributed by atoms with van der Waals surface area (Å²) in [6.07, 6.45) is 2.20. The van der Waals surface area contributed by atoms with Gasteiger partial charge in [0.1, 0.15) is 0 Å². The van der Waals surface area contributed by atoms with Gasteiger partial charge in [0, 0.05) is 0 Å². The van der Waals surface area contributed by atoms with Gasteiger partial charge in [0.05, 0.1) is 0 Å². The topological polar surface area (TPSA) is 0 Å². The number of hydrogen-bond donors (Lipinski definition) is 0. The first-order chi connectivity index (χ1) is 2.41. The quantitative estimate of drug-likeness (QED) is 0.418. The Kier molecular flexibility index (Phi) is 3.88. The molecule has 0 aromatic heterocycles. The normalized spacial score (nSPS) is 7.20. The van der Waals surface area contributed by atoms with Crippen LogP contribution in [0.25, 0.3) is 0 Å². The van der Waals surface area contributed by atoms with Gasteiger partial charge in [0.2, 0.25) is 0 Å². The summed E-state index contributed by atoms with van der Waals surface area (Å²) >= 11 is 0. The van der Waals surface area contributed by atoms with Gasteiger partial charge in [-0.05, 0) is 0 Å². The van der Waals surface area contributed by atoms with Gasteiger partial charge in [0.15, 0.2) is 0 Å².